The number of hydrogen-bond donors (Lipinski definition) is 3. The van der Waals surface area contributed by atoms with Crippen LogP contribution in [-0.4, -0.2) is 46.5 Å². The highest BCUT2D eigenvalue weighted by molar-refractivity contribution is 6.00. The third kappa shape index (κ3) is 3.04. The van der Waals surface area contributed by atoms with Crippen molar-refractivity contribution >= 4 is 17.6 Å². The van der Waals surface area contributed by atoms with Crippen LogP contribution in [0.2, 0.25) is 0 Å². The van der Waals surface area contributed by atoms with E-state index in [1.807, 2.05) is 0 Å². The van der Waals surface area contributed by atoms with Gasteiger partial charge in [-0.15, -0.1) is 0 Å². The largest absolute Gasteiger partial charge is 0.382 e. The Bertz CT molecular complexity index is 457. The van der Waals surface area contributed by atoms with Crippen molar-refractivity contribution in [1.29, 1.82) is 0 Å². The fourth-order valence-electron chi connectivity index (χ4n) is 2.23. The first-order chi connectivity index (χ1) is 9.09. The summed E-state index contributed by atoms with van der Waals surface area (Å²) in [5.41, 5.74) is 6.50. The van der Waals surface area contributed by atoms with Crippen LogP contribution < -0.4 is 11.1 Å². The van der Waals surface area contributed by atoms with Gasteiger partial charge in [-0.1, -0.05) is 0 Å². The maximum atomic E-state index is 11.9. The van der Waals surface area contributed by atoms with Gasteiger partial charge in [0, 0.05) is 18.8 Å². The van der Waals surface area contributed by atoms with Gasteiger partial charge in [0.2, 0.25) is 5.91 Å². The van der Waals surface area contributed by atoms with Crippen molar-refractivity contribution in [1.82, 2.24) is 20.4 Å². The van der Waals surface area contributed by atoms with E-state index >= 15 is 0 Å². The van der Waals surface area contributed by atoms with Crippen LogP contribution >= 0.6 is 0 Å². The van der Waals surface area contributed by atoms with E-state index in [1.54, 1.807) is 11.8 Å². The number of H-pyrrole nitrogens is 1. The molecule has 2 amide bonds. The molecular weight excluding hydrogens is 246 g/mol. The van der Waals surface area contributed by atoms with Crippen LogP contribution in [-0.2, 0) is 4.79 Å². The summed E-state index contributed by atoms with van der Waals surface area (Å²) in [6.07, 6.45) is 3.24. The van der Waals surface area contributed by atoms with E-state index in [9.17, 15) is 9.59 Å². The van der Waals surface area contributed by atoms with Crippen LogP contribution in [0.3, 0.4) is 0 Å². The molecule has 1 aliphatic rings. The van der Waals surface area contributed by atoms with Crippen molar-refractivity contribution in [2.75, 3.05) is 25.4 Å². The third-order valence-electron chi connectivity index (χ3n) is 3.31. The van der Waals surface area contributed by atoms with Gasteiger partial charge in [0.25, 0.3) is 5.91 Å². The minimum Gasteiger partial charge on any atom is -0.382 e. The summed E-state index contributed by atoms with van der Waals surface area (Å²) < 4.78 is 0. The van der Waals surface area contributed by atoms with Crippen LogP contribution in [0.1, 0.15) is 35.3 Å². The molecule has 7 heteroatoms. The number of aromatic nitrogens is 2. The number of likely N-dealkylation sites (tertiary alicyclic amines) is 1. The second-order valence-electron chi connectivity index (χ2n) is 4.73. The number of nitrogens with two attached hydrogens (primary N) is 1. The van der Waals surface area contributed by atoms with Crippen LogP contribution in [0.15, 0.2) is 0 Å². The highest BCUT2D eigenvalue weighted by Gasteiger charge is 2.20. The Hall–Kier alpha value is -2.05. The number of carbonyl (C=O) groups is 2. The zero-order valence-corrected chi connectivity index (χ0v) is 11.0. The third-order valence-corrected chi connectivity index (χ3v) is 3.31. The summed E-state index contributed by atoms with van der Waals surface area (Å²) in [6, 6.07) is 0. The van der Waals surface area contributed by atoms with Crippen molar-refractivity contribution in [3.8, 4) is 0 Å². The number of nitrogen functional groups attached to an aromatic ring is 1. The average Bonchev–Trinajstić information content (AvgIpc) is 2.76. The normalized spacial score (nSPS) is 15.3. The Kier molecular flexibility index (Phi) is 4.03. The first-order valence-corrected chi connectivity index (χ1v) is 6.46. The number of nitrogens with zero attached hydrogens (tertiary/aromatic N) is 2. The molecular formula is C12H19N5O2. The first kappa shape index (κ1) is 13.4. The molecule has 2 rings (SSSR count). The van der Waals surface area contributed by atoms with Gasteiger partial charge in [0.1, 0.15) is 5.56 Å². The van der Waals surface area contributed by atoms with Crippen LogP contribution in [0.5, 0.6) is 0 Å². The maximum absolute atomic E-state index is 11.9. The van der Waals surface area contributed by atoms with Gasteiger partial charge < -0.3 is 16.0 Å². The van der Waals surface area contributed by atoms with Crippen LogP contribution in [0.25, 0.3) is 0 Å². The molecule has 1 aromatic heterocycles. The van der Waals surface area contributed by atoms with Crippen molar-refractivity contribution in [3.63, 3.8) is 0 Å². The molecule has 0 bridgehead atoms. The fourth-order valence-corrected chi connectivity index (χ4v) is 2.23. The first-order valence-electron chi connectivity index (χ1n) is 6.46. The molecule has 1 fully saturated rings. The van der Waals surface area contributed by atoms with E-state index < -0.39 is 0 Å². The van der Waals surface area contributed by atoms with Gasteiger partial charge >= 0.3 is 0 Å². The Morgan fingerprint density at radius 3 is 2.63 bits per heavy atom. The minimum absolute atomic E-state index is 0.00287. The number of piperidine rings is 1. The Morgan fingerprint density at radius 2 is 2.05 bits per heavy atom. The molecule has 0 unspecified atom stereocenters. The molecule has 2 heterocycles. The van der Waals surface area contributed by atoms with E-state index in [0.717, 1.165) is 25.9 Å². The molecule has 1 aliphatic heterocycles. The summed E-state index contributed by atoms with van der Waals surface area (Å²) in [7, 11) is 0. The summed E-state index contributed by atoms with van der Waals surface area (Å²) in [5.74, 6) is -0.262. The van der Waals surface area contributed by atoms with Crippen molar-refractivity contribution in [2.24, 2.45) is 0 Å². The zero-order valence-electron chi connectivity index (χ0n) is 11.0. The molecule has 104 valence electrons. The molecule has 0 radical (unpaired) electrons. The second kappa shape index (κ2) is 5.73. The van der Waals surface area contributed by atoms with Gasteiger partial charge in [-0.2, -0.15) is 5.10 Å². The fraction of sp³-hybridized carbons (Fsp3) is 0.583. The highest BCUT2D eigenvalue weighted by Crippen LogP contribution is 2.12. The second-order valence-corrected chi connectivity index (χ2v) is 4.73. The number of aromatic amines is 1. The van der Waals surface area contributed by atoms with E-state index in [1.165, 1.54) is 6.42 Å². The number of amides is 2. The SMILES string of the molecule is Cc1[nH]nc(N)c1C(=O)NCC(=O)N1CCCCC1. The van der Waals surface area contributed by atoms with Crippen molar-refractivity contribution < 1.29 is 9.59 Å². The molecule has 4 N–H and O–H groups in total. The van der Waals surface area contributed by atoms with Crippen LogP contribution in [0, 0.1) is 6.92 Å². The maximum Gasteiger partial charge on any atom is 0.257 e. The molecule has 7 nitrogen and oxygen atoms in total. The van der Waals surface area contributed by atoms with Gasteiger partial charge in [0.15, 0.2) is 5.82 Å². The van der Waals surface area contributed by atoms with E-state index in [-0.39, 0.29) is 24.2 Å². The lowest BCUT2D eigenvalue weighted by Crippen LogP contribution is -2.42. The smallest absolute Gasteiger partial charge is 0.257 e. The summed E-state index contributed by atoms with van der Waals surface area (Å²) in [4.78, 5) is 25.6. The molecule has 1 aromatic rings. The Balaban J connectivity index is 1.88. The predicted octanol–water partition coefficient (Wildman–Crippen LogP) is 0.0426. The lowest BCUT2D eigenvalue weighted by molar-refractivity contribution is -0.130. The molecule has 1 saturated heterocycles. The monoisotopic (exact) mass is 265 g/mol. The minimum atomic E-state index is -0.367. The van der Waals surface area contributed by atoms with Crippen LogP contribution in [0.4, 0.5) is 5.82 Å². The molecule has 0 saturated carbocycles. The number of anilines is 1. The predicted molar refractivity (Wildman–Crippen MR) is 70.5 cm³/mol. The Morgan fingerprint density at radius 1 is 1.37 bits per heavy atom. The Labute approximate surface area is 111 Å². The molecule has 0 aliphatic carbocycles. The van der Waals surface area contributed by atoms with Crippen molar-refractivity contribution in [2.45, 2.75) is 26.2 Å². The van der Waals surface area contributed by atoms with Crippen molar-refractivity contribution in [3.05, 3.63) is 11.3 Å². The topological polar surface area (TPSA) is 104 Å². The number of hydrogen-bond acceptors (Lipinski definition) is 4. The average molecular weight is 265 g/mol. The number of nitrogens with one attached hydrogen (secondary N) is 2. The van der Waals surface area contributed by atoms with Gasteiger partial charge in [0.05, 0.1) is 6.54 Å². The molecule has 0 spiro atoms. The van der Waals surface area contributed by atoms with Gasteiger partial charge in [-0.05, 0) is 26.2 Å². The number of rotatable bonds is 3. The lowest BCUT2D eigenvalue weighted by Gasteiger charge is -2.26. The quantitative estimate of drug-likeness (QED) is 0.717. The standard InChI is InChI=1S/C12H19N5O2/c1-8-10(11(13)16-15-8)12(19)14-7-9(18)17-5-3-2-4-6-17/h2-7H2,1H3,(H,14,19)(H3,13,15,16). The molecule has 0 atom stereocenters. The van der Waals surface area contributed by atoms with E-state index in [4.69, 9.17) is 5.73 Å². The van der Waals surface area contributed by atoms with E-state index in [2.05, 4.69) is 15.5 Å². The number of aryl methyl sites for hydroxylation is 1. The molecule has 19 heavy (non-hydrogen) atoms. The summed E-state index contributed by atoms with van der Waals surface area (Å²) in [5, 5.41) is 8.98. The molecule has 0 aromatic carbocycles. The van der Waals surface area contributed by atoms with E-state index in [0.29, 0.717) is 11.3 Å². The summed E-state index contributed by atoms with van der Waals surface area (Å²) >= 11 is 0. The zero-order chi connectivity index (χ0) is 13.8. The van der Waals surface area contributed by atoms with Gasteiger partial charge in [-0.3, -0.25) is 14.7 Å². The lowest BCUT2D eigenvalue weighted by atomic mass is 10.1. The summed E-state index contributed by atoms with van der Waals surface area (Å²) in [6.45, 7) is 3.27. The number of carbonyl (C=O) groups excluding carboxylic acids is 2. The highest BCUT2D eigenvalue weighted by atomic mass is 16.2. The van der Waals surface area contributed by atoms with Gasteiger partial charge in [-0.25, -0.2) is 0 Å².